The highest BCUT2D eigenvalue weighted by atomic mass is 16.5. The number of rotatable bonds is 7. The normalized spacial score (nSPS) is 20.4. The molecule has 0 aromatic heterocycles. The lowest BCUT2D eigenvalue weighted by atomic mass is 9.52. The SMILES string of the molecule is CC(=O)[C@@H]1C[C@H](CC(=O)Nc2ccc(OCc3ccccc3)cc2)C1(C)C. The molecule has 0 aliphatic heterocycles. The van der Waals surface area contributed by atoms with Crippen LogP contribution in [0.5, 0.6) is 5.75 Å². The predicted octanol–water partition coefficient (Wildman–Crippen LogP) is 4.85. The molecular formula is C23H27NO3. The van der Waals surface area contributed by atoms with Crippen molar-refractivity contribution in [1.29, 1.82) is 0 Å². The molecule has 0 radical (unpaired) electrons. The van der Waals surface area contributed by atoms with E-state index < -0.39 is 0 Å². The first kappa shape index (κ1) is 19.2. The number of Topliss-reactive ketones (excluding diaryl/α,β-unsaturated/α-hetero) is 1. The van der Waals surface area contributed by atoms with E-state index in [0.717, 1.165) is 23.4 Å². The molecule has 0 unspecified atom stereocenters. The van der Waals surface area contributed by atoms with Gasteiger partial charge in [0.2, 0.25) is 5.91 Å². The van der Waals surface area contributed by atoms with Crippen LogP contribution in [0, 0.1) is 17.3 Å². The standard InChI is InChI=1S/C23H27NO3/c1-16(25)21-13-18(23(21,2)3)14-22(26)24-19-9-11-20(12-10-19)27-15-17-7-5-4-6-8-17/h4-12,18,21H,13-15H2,1-3H3,(H,24,26)/t18-,21+/m1/s1. The first-order valence-electron chi connectivity index (χ1n) is 9.43. The van der Waals surface area contributed by atoms with Gasteiger partial charge in [0.1, 0.15) is 18.1 Å². The van der Waals surface area contributed by atoms with E-state index in [0.29, 0.717) is 13.0 Å². The summed E-state index contributed by atoms with van der Waals surface area (Å²) in [6.45, 7) is 6.32. The van der Waals surface area contributed by atoms with Crippen LogP contribution in [0.2, 0.25) is 0 Å². The zero-order valence-electron chi connectivity index (χ0n) is 16.2. The van der Waals surface area contributed by atoms with E-state index >= 15 is 0 Å². The van der Waals surface area contributed by atoms with Gasteiger partial charge in [0.15, 0.2) is 0 Å². The van der Waals surface area contributed by atoms with Gasteiger partial charge in [-0.25, -0.2) is 0 Å². The van der Waals surface area contributed by atoms with E-state index in [4.69, 9.17) is 4.74 Å². The monoisotopic (exact) mass is 365 g/mol. The van der Waals surface area contributed by atoms with E-state index in [9.17, 15) is 9.59 Å². The molecule has 4 nitrogen and oxygen atoms in total. The summed E-state index contributed by atoms with van der Waals surface area (Å²) in [6, 6.07) is 17.4. The highest BCUT2D eigenvalue weighted by Crippen LogP contribution is 2.53. The number of hydrogen-bond donors (Lipinski definition) is 1. The van der Waals surface area contributed by atoms with Crippen molar-refractivity contribution in [3.05, 3.63) is 60.2 Å². The maximum atomic E-state index is 12.3. The molecule has 4 heteroatoms. The van der Waals surface area contributed by atoms with Crippen LogP contribution in [0.3, 0.4) is 0 Å². The Morgan fingerprint density at radius 3 is 2.33 bits per heavy atom. The first-order valence-corrected chi connectivity index (χ1v) is 9.43. The number of benzene rings is 2. The third kappa shape index (κ3) is 4.57. The van der Waals surface area contributed by atoms with Crippen molar-refractivity contribution in [2.75, 3.05) is 5.32 Å². The van der Waals surface area contributed by atoms with Crippen molar-refractivity contribution in [1.82, 2.24) is 0 Å². The minimum Gasteiger partial charge on any atom is -0.489 e. The Balaban J connectivity index is 1.48. The molecular weight excluding hydrogens is 338 g/mol. The zero-order chi connectivity index (χ0) is 19.4. The van der Waals surface area contributed by atoms with Gasteiger partial charge in [-0.05, 0) is 54.5 Å². The number of nitrogens with one attached hydrogen (secondary N) is 1. The summed E-state index contributed by atoms with van der Waals surface area (Å²) in [5, 5.41) is 2.94. The van der Waals surface area contributed by atoms with Crippen molar-refractivity contribution in [2.24, 2.45) is 17.3 Å². The van der Waals surface area contributed by atoms with Gasteiger partial charge in [-0.3, -0.25) is 9.59 Å². The summed E-state index contributed by atoms with van der Waals surface area (Å²) >= 11 is 0. The largest absolute Gasteiger partial charge is 0.489 e. The summed E-state index contributed by atoms with van der Waals surface area (Å²) in [7, 11) is 0. The Morgan fingerprint density at radius 2 is 1.74 bits per heavy atom. The molecule has 1 saturated carbocycles. The van der Waals surface area contributed by atoms with Crippen molar-refractivity contribution >= 4 is 17.4 Å². The molecule has 1 aliphatic rings. The van der Waals surface area contributed by atoms with Crippen LogP contribution in [-0.2, 0) is 16.2 Å². The topological polar surface area (TPSA) is 55.4 Å². The lowest BCUT2D eigenvalue weighted by Gasteiger charge is -2.51. The van der Waals surface area contributed by atoms with Gasteiger partial charge >= 0.3 is 0 Å². The molecule has 2 aromatic carbocycles. The number of amides is 1. The molecule has 3 rings (SSSR count). The predicted molar refractivity (Wildman–Crippen MR) is 107 cm³/mol. The molecule has 142 valence electrons. The van der Waals surface area contributed by atoms with Crippen molar-refractivity contribution in [3.63, 3.8) is 0 Å². The molecule has 0 heterocycles. The van der Waals surface area contributed by atoms with Gasteiger partial charge in [-0.1, -0.05) is 44.2 Å². The molecule has 0 bridgehead atoms. The van der Waals surface area contributed by atoms with Gasteiger partial charge in [0.25, 0.3) is 0 Å². The number of carbonyl (C=O) groups is 2. The van der Waals surface area contributed by atoms with Crippen molar-refractivity contribution in [2.45, 2.75) is 40.2 Å². The summed E-state index contributed by atoms with van der Waals surface area (Å²) in [4.78, 5) is 24.0. The fraction of sp³-hybridized carbons (Fsp3) is 0.391. The summed E-state index contributed by atoms with van der Waals surface area (Å²) < 4.78 is 5.76. The molecule has 0 spiro atoms. The lowest BCUT2D eigenvalue weighted by molar-refractivity contribution is -0.139. The molecule has 1 amide bonds. The second kappa shape index (κ2) is 7.95. The third-order valence-corrected chi connectivity index (χ3v) is 5.78. The van der Waals surface area contributed by atoms with Crippen LogP contribution in [0.1, 0.15) is 39.2 Å². The summed E-state index contributed by atoms with van der Waals surface area (Å²) in [5.74, 6) is 1.31. The molecule has 1 fully saturated rings. The van der Waals surface area contributed by atoms with Gasteiger partial charge in [-0.15, -0.1) is 0 Å². The van der Waals surface area contributed by atoms with Crippen LogP contribution in [-0.4, -0.2) is 11.7 Å². The summed E-state index contributed by atoms with van der Waals surface area (Å²) in [5.41, 5.74) is 1.77. The Kier molecular flexibility index (Phi) is 5.64. The van der Waals surface area contributed by atoms with Gasteiger partial charge < -0.3 is 10.1 Å². The van der Waals surface area contributed by atoms with Crippen LogP contribution >= 0.6 is 0 Å². The molecule has 0 saturated heterocycles. The Morgan fingerprint density at radius 1 is 1.07 bits per heavy atom. The minimum absolute atomic E-state index is 0.00645. The third-order valence-electron chi connectivity index (χ3n) is 5.78. The molecule has 2 aromatic rings. The van der Waals surface area contributed by atoms with Gasteiger partial charge in [0, 0.05) is 18.0 Å². The number of ketones is 1. The minimum atomic E-state index is -0.0989. The molecule has 2 atom stereocenters. The average molecular weight is 365 g/mol. The second-order valence-corrected chi connectivity index (χ2v) is 7.97. The highest BCUT2D eigenvalue weighted by molar-refractivity contribution is 5.91. The summed E-state index contributed by atoms with van der Waals surface area (Å²) in [6.07, 6.45) is 1.26. The van der Waals surface area contributed by atoms with E-state index in [2.05, 4.69) is 19.2 Å². The van der Waals surface area contributed by atoms with E-state index in [1.165, 1.54) is 0 Å². The first-order chi connectivity index (χ1) is 12.9. The van der Waals surface area contributed by atoms with E-state index in [1.807, 2.05) is 54.6 Å². The Labute approximate surface area is 160 Å². The van der Waals surface area contributed by atoms with Crippen LogP contribution in [0.4, 0.5) is 5.69 Å². The smallest absolute Gasteiger partial charge is 0.224 e. The van der Waals surface area contributed by atoms with Gasteiger partial charge in [-0.2, -0.15) is 0 Å². The van der Waals surface area contributed by atoms with Crippen molar-refractivity contribution in [3.8, 4) is 5.75 Å². The molecule has 1 aliphatic carbocycles. The fourth-order valence-corrected chi connectivity index (χ4v) is 3.86. The Hall–Kier alpha value is -2.62. The highest BCUT2D eigenvalue weighted by Gasteiger charge is 2.50. The van der Waals surface area contributed by atoms with Crippen LogP contribution in [0.15, 0.2) is 54.6 Å². The number of anilines is 1. The van der Waals surface area contributed by atoms with Gasteiger partial charge in [0.05, 0.1) is 0 Å². The molecule has 27 heavy (non-hydrogen) atoms. The maximum absolute atomic E-state index is 12.3. The lowest BCUT2D eigenvalue weighted by Crippen LogP contribution is -2.49. The fourth-order valence-electron chi connectivity index (χ4n) is 3.86. The number of hydrogen-bond acceptors (Lipinski definition) is 3. The Bertz CT molecular complexity index is 796. The second-order valence-electron chi connectivity index (χ2n) is 7.97. The van der Waals surface area contributed by atoms with E-state index in [-0.39, 0.29) is 28.9 Å². The zero-order valence-corrected chi connectivity index (χ0v) is 16.2. The number of carbonyl (C=O) groups excluding carboxylic acids is 2. The molecule has 1 N–H and O–H groups in total. The quantitative estimate of drug-likeness (QED) is 0.763. The number of ether oxygens (including phenoxy) is 1. The van der Waals surface area contributed by atoms with Crippen molar-refractivity contribution < 1.29 is 14.3 Å². The maximum Gasteiger partial charge on any atom is 0.224 e. The average Bonchev–Trinajstić information content (AvgIpc) is 2.65. The van der Waals surface area contributed by atoms with Crippen LogP contribution < -0.4 is 10.1 Å². The van der Waals surface area contributed by atoms with E-state index in [1.54, 1.807) is 6.92 Å². The van der Waals surface area contributed by atoms with Crippen LogP contribution in [0.25, 0.3) is 0 Å².